The lowest BCUT2D eigenvalue weighted by atomic mass is 10.2. The van der Waals surface area contributed by atoms with Crippen molar-refractivity contribution in [2.45, 2.75) is 93.4 Å². The maximum Gasteiger partial charge on any atom is 0.254 e. The highest BCUT2D eigenvalue weighted by molar-refractivity contribution is 8.56. The zero-order valence-corrected chi connectivity index (χ0v) is 26.7. The summed E-state index contributed by atoms with van der Waals surface area (Å²) in [5.74, 6) is 1.59. The van der Waals surface area contributed by atoms with Crippen LogP contribution in [0.15, 0.2) is 0 Å². The minimum Gasteiger partial charge on any atom is -0.397 e. The second kappa shape index (κ2) is 21.1. The lowest BCUT2D eigenvalue weighted by Gasteiger charge is -2.30. The molecule has 0 aromatic rings. The molecule has 0 amide bonds. The average molecular weight is 553 g/mol. The van der Waals surface area contributed by atoms with E-state index in [0.29, 0.717) is 30.8 Å². The van der Waals surface area contributed by atoms with Crippen molar-refractivity contribution in [3.8, 4) is 0 Å². The van der Waals surface area contributed by atoms with Crippen molar-refractivity contribution in [1.82, 2.24) is 9.80 Å². The highest BCUT2D eigenvalue weighted by Crippen LogP contribution is 2.55. The molecule has 0 bridgehead atoms. The third kappa shape index (κ3) is 25.8. The van der Waals surface area contributed by atoms with Crippen LogP contribution in [-0.4, -0.2) is 95.1 Å². The van der Waals surface area contributed by atoms with Gasteiger partial charge in [0.2, 0.25) is 0 Å². The molecule has 0 aromatic carbocycles. The van der Waals surface area contributed by atoms with Crippen molar-refractivity contribution >= 4 is 35.9 Å². The monoisotopic (exact) mass is 552 g/mol. The normalized spacial score (nSPS) is 15.4. The van der Waals surface area contributed by atoms with Gasteiger partial charge in [-0.1, -0.05) is 22.8 Å². The van der Waals surface area contributed by atoms with Gasteiger partial charge in [-0.25, -0.2) is 0 Å². The topological polar surface area (TPSA) is 90.3 Å². The molecule has 0 spiro atoms. The molecule has 7 nitrogen and oxygen atoms in total. The Labute approximate surface area is 213 Å². The Morgan fingerprint density at radius 3 is 1.30 bits per heavy atom. The molecule has 2 atom stereocenters. The molecule has 0 saturated heterocycles. The summed E-state index contributed by atoms with van der Waals surface area (Å²) in [6.07, 6.45) is 0. The van der Waals surface area contributed by atoms with Crippen molar-refractivity contribution < 1.29 is 23.7 Å². The van der Waals surface area contributed by atoms with Gasteiger partial charge in [-0.2, -0.15) is 0 Å². The van der Waals surface area contributed by atoms with Gasteiger partial charge < -0.3 is 14.5 Å². The first-order chi connectivity index (χ1) is 15.0. The van der Waals surface area contributed by atoms with Crippen LogP contribution in [0, 0.1) is 0 Å². The fourth-order valence-electron chi connectivity index (χ4n) is 3.12. The second-order valence-electron chi connectivity index (χ2n) is 8.83. The van der Waals surface area contributed by atoms with Gasteiger partial charge in [-0.05, 0) is 69.2 Å². The third-order valence-electron chi connectivity index (χ3n) is 4.37. The second-order valence-corrected chi connectivity index (χ2v) is 19.1. The van der Waals surface area contributed by atoms with Gasteiger partial charge in [0.05, 0.1) is 6.61 Å². The number of hydrogen-bond acceptors (Lipinski definition) is 8. The zero-order chi connectivity index (χ0) is 26.8. The summed E-state index contributed by atoms with van der Waals surface area (Å²) < 4.78 is 28.1. The van der Waals surface area contributed by atoms with Crippen LogP contribution in [0.2, 0.25) is 0 Å². The first-order valence-electron chi connectivity index (χ1n) is 11.9. The van der Waals surface area contributed by atoms with Crippen molar-refractivity contribution in [1.29, 1.82) is 0 Å². The number of aliphatic hydroxyl groups excluding tert-OH is 1. The van der Waals surface area contributed by atoms with Gasteiger partial charge in [-0.15, -0.1) is 0 Å². The fraction of sp³-hybridized carbons (Fsp3) is 1.00. The van der Waals surface area contributed by atoms with E-state index in [2.05, 4.69) is 65.2 Å². The Hall–Kier alpha value is 0.960. The van der Waals surface area contributed by atoms with Gasteiger partial charge in [0, 0.05) is 68.7 Å². The van der Waals surface area contributed by atoms with Crippen LogP contribution in [0.25, 0.3) is 0 Å². The Bertz CT molecular complexity index is 531. The smallest absolute Gasteiger partial charge is 0.254 e. The van der Waals surface area contributed by atoms with Crippen molar-refractivity contribution in [3.63, 3.8) is 0 Å². The largest absolute Gasteiger partial charge is 0.397 e. The van der Waals surface area contributed by atoms with E-state index in [1.807, 2.05) is 6.92 Å². The number of hydrogen-bond donors (Lipinski definition) is 2. The summed E-state index contributed by atoms with van der Waals surface area (Å²) >= 11 is 2.62. The van der Waals surface area contributed by atoms with Gasteiger partial charge in [0.1, 0.15) is 0 Å². The van der Waals surface area contributed by atoms with Crippen LogP contribution >= 0.6 is 35.9 Å². The van der Waals surface area contributed by atoms with Crippen LogP contribution in [-0.2, 0) is 13.7 Å². The molecule has 0 aliphatic heterocycles. The Morgan fingerprint density at radius 1 is 0.758 bits per heavy atom. The summed E-state index contributed by atoms with van der Waals surface area (Å²) in [5, 5.41) is 7.57. The fourth-order valence-corrected chi connectivity index (χ4v) is 7.96. The molecular formula is C22H54N2O5P2S2. The first kappa shape index (κ1) is 38.5. The van der Waals surface area contributed by atoms with Gasteiger partial charge in [-0.3, -0.25) is 18.9 Å². The minimum absolute atomic E-state index is 0.250. The molecule has 0 aliphatic carbocycles. The van der Waals surface area contributed by atoms with Gasteiger partial charge >= 0.3 is 0 Å². The summed E-state index contributed by atoms with van der Waals surface area (Å²) in [7, 11) is 0. The van der Waals surface area contributed by atoms with Crippen LogP contribution in [0.5, 0.6) is 0 Å². The molecular weight excluding hydrogens is 498 g/mol. The van der Waals surface area contributed by atoms with Crippen LogP contribution < -0.4 is 0 Å². The molecule has 204 valence electrons. The maximum absolute atomic E-state index is 11.9. The van der Waals surface area contributed by atoms with Crippen molar-refractivity contribution in [2.75, 3.05) is 51.1 Å². The Morgan fingerprint density at radius 2 is 1.06 bits per heavy atom. The van der Waals surface area contributed by atoms with E-state index >= 15 is 0 Å². The Balaban J connectivity index is -0.000000490. The van der Waals surface area contributed by atoms with E-state index in [-0.39, 0.29) is 6.61 Å². The number of nitrogens with zero attached hydrogens (tertiary/aromatic N) is 2. The predicted molar refractivity (Wildman–Crippen MR) is 153 cm³/mol. The molecule has 0 aromatic heterocycles. The molecule has 2 N–H and O–H groups in total. The maximum atomic E-state index is 11.9. The van der Waals surface area contributed by atoms with Gasteiger partial charge in [0.25, 0.3) is 13.1 Å². The SMILES string of the molecule is CC(C)N(CCSP(C)(=O)O)C(C)C.CCO.CCOP(C)(=O)SCCN(C(C)C)C(C)C. The molecule has 2 unspecified atom stereocenters. The van der Waals surface area contributed by atoms with Crippen LogP contribution in [0.1, 0.15) is 69.2 Å². The van der Waals surface area contributed by atoms with Crippen LogP contribution in [0.4, 0.5) is 0 Å². The van der Waals surface area contributed by atoms with E-state index in [4.69, 9.17) is 14.5 Å². The van der Waals surface area contributed by atoms with E-state index in [1.54, 1.807) is 13.6 Å². The molecule has 0 radical (unpaired) electrons. The molecule has 11 heteroatoms. The predicted octanol–water partition coefficient (Wildman–Crippen LogP) is 6.35. The third-order valence-corrected chi connectivity index (χ3v) is 11.0. The standard InChI is InChI=1S/C11H26NO2PS.C9H22NO2PS.C2H6O/c1-7-14-15(6,13)16-9-8-12(10(2)3)11(4)5;1-8(2)10(9(3)4)6-7-14-13(5,11)12;1-2-3/h10-11H,7-9H2,1-6H3;8-9H,6-7H2,1-5H3,(H,11,12);3H,2H2,1H3. The van der Waals surface area contributed by atoms with Gasteiger partial charge in [0.15, 0.2) is 0 Å². The molecule has 33 heavy (non-hydrogen) atoms. The quantitative estimate of drug-likeness (QED) is 0.239. The molecule has 0 saturated carbocycles. The lowest BCUT2D eigenvalue weighted by Crippen LogP contribution is -2.38. The first-order valence-corrected chi connectivity index (χ1v) is 19.2. The lowest BCUT2D eigenvalue weighted by molar-refractivity contribution is 0.187. The molecule has 0 rings (SSSR count). The Kier molecular flexibility index (Phi) is 24.6. The van der Waals surface area contributed by atoms with E-state index < -0.39 is 13.1 Å². The summed E-state index contributed by atoms with van der Waals surface area (Å²) in [6.45, 7) is 21.3. The number of aliphatic hydroxyl groups is 1. The summed E-state index contributed by atoms with van der Waals surface area (Å²) in [6, 6.07) is 2.05. The van der Waals surface area contributed by atoms with Crippen molar-refractivity contribution in [2.24, 2.45) is 0 Å². The zero-order valence-electron chi connectivity index (χ0n) is 23.3. The summed E-state index contributed by atoms with van der Waals surface area (Å²) in [4.78, 5) is 13.8. The molecule has 0 heterocycles. The van der Waals surface area contributed by atoms with Crippen molar-refractivity contribution in [3.05, 3.63) is 0 Å². The average Bonchev–Trinajstić information content (AvgIpc) is 2.61. The highest BCUT2D eigenvalue weighted by Gasteiger charge is 2.18. The van der Waals surface area contributed by atoms with E-state index in [1.165, 1.54) is 29.4 Å². The number of rotatable bonds is 14. The molecule has 0 aliphatic rings. The summed E-state index contributed by atoms with van der Waals surface area (Å²) in [5.41, 5.74) is 0. The highest BCUT2D eigenvalue weighted by atomic mass is 32.7. The minimum atomic E-state index is -2.89. The van der Waals surface area contributed by atoms with E-state index in [9.17, 15) is 9.13 Å². The van der Waals surface area contributed by atoms with Crippen LogP contribution in [0.3, 0.4) is 0 Å². The molecule has 0 fully saturated rings. The van der Waals surface area contributed by atoms with E-state index in [0.717, 1.165) is 24.6 Å².